The van der Waals surface area contributed by atoms with E-state index >= 15 is 0 Å². The number of hydrogen-bond acceptors (Lipinski definition) is 6. The number of nitrogen functional groups attached to an aromatic ring is 1. The van der Waals surface area contributed by atoms with E-state index in [2.05, 4.69) is 34.2 Å². The number of methoxy groups -OCH3 is 1. The van der Waals surface area contributed by atoms with Crippen LogP contribution in [0.25, 0.3) is 0 Å². The highest BCUT2D eigenvalue weighted by molar-refractivity contribution is 5.61. The third kappa shape index (κ3) is 2.81. The van der Waals surface area contributed by atoms with E-state index in [1.807, 2.05) is 0 Å². The molecule has 0 aromatic carbocycles. The summed E-state index contributed by atoms with van der Waals surface area (Å²) in [6.07, 6.45) is 4.06. The molecule has 1 aliphatic carbocycles. The van der Waals surface area contributed by atoms with Gasteiger partial charge in [0, 0.05) is 18.6 Å². The molecular formula is C12H21N5O. The highest BCUT2D eigenvalue weighted by Crippen LogP contribution is 2.28. The summed E-state index contributed by atoms with van der Waals surface area (Å²) < 4.78 is 5.20. The molecule has 0 bridgehead atoms. The van der Waals surface area contributed by atoms with Crippen LogP contribution in [-0.2, 0) is 0 Å². The van der Waals surface area contributed by atoms with Gasteiger partial charge in [-0.3, -0.25) is 4.90 Å². The molecule has 1 atom stereocenters. The van der Waals surface area contributed by atoms with Gasteiger partial charge in [0.05, 0.1) is 7.11 Å². The molecule has 1 unspecified atom stereocenters. The molecule has 0 saturated heterocycles. The van der Waals surface area contributed by atoms with Crippen LogP contribution in [0.15, 0.2) is 6.33 Å². The van der Waals surface area contributed by atoms with Crippen LogP contribution in [0.3, 0.4) is 0 Å². The number of nitrogens with zero attached hydrogens (tertiary/aromatic N) is 3. The molecule has 18 heavy (non-hydrogen) atoms. The molecule has 1 fully saturated rings. The lowest BCUT2D eigenvalue weighted by Crippen LogP contribution is -2.36. The van der Waals surface area contributed by atoms with Crippen LogP contribution in [0.5, 0.6) is 5.75 Å². The summed E-state index contributed by atoms with van der Waals surface area (Å²) in [5.74, 6) is 1.53. The molecule has 100 valence electrons. The van der Waals surface area contributed by atoms with Crippen molar-refractivity contribution in [2.24, 2.45) is 0 Å². The SMILES string of the molecule is COc1c(N)ncnc1NCC(C)N(C)C1CC1. The largest absolute Gasteiger partial charge is 0.490 e. The second-order valence-corrected chi connectivity index (χ2v) is 4.77. The van der Waals surface area contributed by atoms with Crippen LogP contribution in [-0.4, -0.2) is 47.7 Å². The first-order valence-electron chi connectivity index (χ1n) is 6.23. The number of hydrogen-bond donors (Lipinski definition) is 2. The lowest BCUT2D eigenvalue weighted by Gasteiger charge is -2.25. The molecule has 1 saturated carbocycles. The second-order valence-electron chi connectivity index (χ2n) is 4.77. The monoisotopic (exact) mass is 251 g/mol. The number of rotatable bonds is 6. The molecule has 6 nitrogen and oxygen atoms in total. The minimum Gasteiger partial charge on any atom is -0.490 e. The fourth-order valence-corrected chi connectivity index (χ4v) is 1.94. The average Bonchev–Trinajstić information content (AvgIpc) is 3.19. The van der Waals surface area contributed by atoms with E-state index < -0.39 is 0 Å². The van der Waals surface area contributed by atoms with Crippen LogP contribution >= 0.6 is 0 Å². The summed E-state index contributed by atoms with van der Waals surface area (Å²) in [6, 6.07) is 1.19. The molecule has 1 aliphatic rings. The summed E-state index contributed by atoms with van der Waals surface area (Å²) in [7, 11) is 3.73. The maximum absolute atomic E-state index is 5.73. The van der Waals surface area contributed by atoms with Crippen molar-refractivity contribution in [3.8, 4) is 5.75 Å². The van der Waals surface area contributed by atoms with Gasteiger partial charge in [-0.15, -0.1) is 0 Å². The van der Waals surface area contributed by atoms with Crippen LogP contribution in [0.2, 0.25) is 0 Å². The quantitative estimate of drug-likeness (QED) is 0.784. The molecular weight excluding hydrogens is 230 g/mol. The van der Waals surface area contributed by atoms with Crippen LogP contribution in [0.4, 0.5) is 11.6 Å². The molecule has 1 aromatic heterocycles. The number of nitrogens with one attached hydrogen (secondary N) is 1. The van der Waals surface area contributed by atoms with Crippen molar-refractivity contribution in [3.63, 3.8) is 0 Å². The molecule has 6 heteroatoms. The van der Waals surface area contributed by atoms with Crippen molar-refractivity contribution in [2.75, 3.05) is 31.8 Å². The van der Waals surface area contributed by atoms with Crippen molar-refractivity contribution in [3.05, 3.63) is 6.33 Å². The maximum Gasteiger partial charge on any atom is 0.203 e. The normalized spacial score (nSPS) is 16.7. The van der Waals surface area contributed by atoms with Gasteiger partial charge in [-0.05, 0) is 26.8 Å². The predicted molar refractivity (Wildman–Crippen MR) is 71.7 cm³/mol. The summed E-state index contributed by atoms with van der Waals surface area (Å²) in [4.78, 5) is 10.5. The van der Waals surface area contributed by atoms with E-state index in [0.717, 1.165) is 12.6 Å². The Morgan fingerprint density at radius 1 is 1.56 bits per heavy atom. The van der Waals surface area contributed by atoms with Crippen LogP contribution in [0, 0.1) is 0 Å². The van der Waals surface area contributed by atoms with Crippen molar-refractivity contribution < 1.29 is 4.74 Å². The van der Waals surface area contributed by atoms with Crippen LogP contribution < -0.4 is 15.8 Å². The fourth-order valence-electron chi connectivity index (χ4n) is 1.94. The zero-order chi connectivity index (χ0) is 13.1. The molecule has 0 aliphatic heterocycles. The molecule has 0 radical (unpaired) electrons. The van der Waals surface area contributed by atoms with Crippen molar-refractivity contribution in [1.82, 2.24) is 14.9 Å². The third-order valence-electron chi connectivity index (χ3n) is 3.42. The van der Waals surface area contributed by atoms with E-state index in [0.29, 0.717) is 23.4 Å². The third-order valence-corrected chi connectivity index (χ3v) is 3.42. The first-order valence-corrected chi connectivity index (χ1v) is 6.23. The van der Waals surface area contributed by atoms with E-state index in [1.165, 1.54) is 19.2 Å². The predicted octanol–water partition coefficient (Wildman–Crippen LogP) is 0.962. The van der Waals surface area contributed by atoms with E-state index in [1.54, 1.807) is 7.11 Å². The first-order chi connectivity index (χ1) is 8.63. The summed E-state index contributed by atoms with van der Waals surface area (Å²) in [5, 5.41) is 3.27. The average molecular weight is 251 g/mol. The molecule has 0 spiro atoms. The van der Waals surface area contributed by atoms with Gasteiger partial charge in [-0.2, -0.15) is 0 Å². The van der Waals surface area contributed by atoms with Gasteiger partial charge in [0.2, 0.25) is 5.75 Å². The number of nitrogens with two attached hydrogens (primary N) is 1. The number of aromatic nitrogens is 2. The Kier molecular flexibility index (Phi) is 3.86. The Hall–Kier alpha value is -1.56. The smallest absolute Gasteiger partial charge is 0.203 e. The van der Waals surface area contributed by atoms with Gasteiger partial charge in [0.1, 0.15) is 6.33 Å². The second kappa shape index (κ2) is 5.39. The first kappa shape index (κ1) is 12.9. The highest BCUT2D eigenvalue weighted by atomic mass is 16.5. The molecule has 2 rings (SSSR count). The summed E-state index contributed by atoms with van der Waals surface area (Å²) in [5.41, 5.74) is 5.73. The molecule has 1 heterocycles. The number of ether oxygens (including phenoxy) is 1. The summed E-state index contributed by atoms with van der Waals surface area (Å²) >= 11 is 0. The molecule has 0 amide bonds. The number of anilines is 2. The van der Waals surface area contributed by atoms with Crippen molar-refractivity contribution in [1.29, 1.82) is 0 Å². The van der Waals surface area contributed by atoms with Gasteiger partial charge >= 0.3 is 0 Å². The lowest BCUT2D eigenvalue weighted by molar-refractivity contribution is 0.257. The van der Waals surface area contributed by atoms with Gasteiger partial charge in [-0.25, -0.2) is 9.97 Å². The van der Waals surface area contributed by atoms with E-state index in [4.69, 9.17) is 10.5 Å². The van der Waals surface area contributed by atoms with Gasteiger partial charge in [0.25, 0.3) is 0 Å². The standard InChI is InChI=1S/C12H21N5O/c1-8(17(2)9-4-5-9)6-14-12-10(18-3)11(13)15-7-16-12/h7-9H,4-6H2,1-3H3,(H3,13,14,15,16). The topological polar surface area (TPSA) is 76.3 Å². The highest BCUT2D eigenvalue weighted by Gasteiger charge is 2.29. The molecule has 3 N–H and O–H groups in total. The van der Waals surface area contributed by atoms with E-state index in [9.17, 15) is 0 Å². The fraction of sp³-hybridized carbons (Fsp3) is 0.667. The maximum atomic E-state index is 5.73. The number of likely N-dealkylation sites (N-methyl/N-ethyl adjacent to an activating group) is 1. The Labute approximate surface area is 108 Å². The zero-order valence-electron chi connectivity index (χ0n) is 11.2. The minimum atomic E-state index is 0.359. The Balaban J connectivity index is 1.95. The lowest BCUT2D eigenvalue weighted by atomic mass is 10.3. The molecule has 1 aromatic rings. The summed E-state index contributed by atoms with van der Waals surface area (Å²) in [6.45, 7) is 3.00. The van der Waals surface area contributed by atoms with E-state index in [-0.39, 0.29) is 0 Å². The minimum absolute atomic E-state index is 0.359. The van der Waals surface area contributed by atoms with Gasteiger partial charge < -0.3 is 15.8 Å². The zero-order valence-corrected chi connectivity index (χ0v) is 11.2. The van der Waals surface area contributed by atoms with Crippen LogP contribution in [0.1, 0.15) is 19.8 Å². The van der Waals surface area contributed by atoms with Crippen molar-refractivity contribution in [2.45, 2.75) is 31.8 Å². The Bertz CT molecular complexity index is 407. The van der Waals surface area contributed by atoms with Gasteiger partial charge in [-0.1, -0.05) is 0 Å². The Morgan fingerprint density at radius 3 is 2.89 bits per heavy atom. The van der Waals surface area contributed by atoms with Gasteiger partial charge in [0.15, 0.2) is 11.6 Å². The Morgan fingerprint density at radius 2 is 2.28 bits per heavy atom. The van der Waals surface area contributed by atoms with Crippen molar-refractivity contribution >= 4 is 11.6 Å².